The smallest absolute Gasteiger partial charge is 0.475 e. The number of nitrogens with zero attached hydrogens (tertiary/aromatic N) is 5. The first-order valence-electron chi connectivity index (χ1n) is 11.5. The number of carbonyl (C=O) groups is 3. The number of morpholine rings is 1. The summed E-state index contributed by atoms with van der Waals surface area (Å²) in [6, 6.07) is 4.12. The summed E-state index contributed by atoms with van der Waals surface area (Å²) >= 11 is 0. The standard InChI is InChI=1S/C18H29N5O2.2C2HF3O2/c1-14-5-6-16(20-19-14)22-9-7-18(8-10-22)15(2)23(12-11-21(3)4)17(24)13-25-18;2*3-2(4,5)1(6)7/h5-6,15H,7-13H2,1-4H3;2*(H,6,7). The number of hydrogen-bond donors (Lipinski definition) is 2. The van der Waals surface area contributed by atoms with Crippen molar-refractivity contribution in [3.05, 3.63) is 17.8 Å². The van der Waals surface area contributed by atoms with Crippen molar-refractivity contribution in [1.29, 1.82) is 0 Å². The molecule has 39 heavy (non-hydrogen) atoms. The van der Waals surface area contributed by atoms with Crippen LogP contribution in [-0.2, 0) is 19.1 Å². The number of anilines is 1. The maximum atomic E-state index is 12.3. The van der Waals surface area contributed by atoms with Crippen molar-refractivity contribution in [3.8, 4) is 0 Å². The number of carbonyl (C=O) groups excluding carboxylic acids is 1. The second kappa shape index (κ2) is 13.7. The number of hydrogen-bond acceptors (Lipinski definition) is 8. The van der Waals surface area contributed by atoms with E-state index in [0.717, 1.165) is 50.5 Å². The zero-order chi connectivity index (χ0) is 30.2. The number of alkyl halides is 6. The minimum Gasteiger partial charge on any atom is -0.475 e. The Morgan fingerprint density at radius 1 is 1.05 bits per heavy atom. The van der Waals surface area contributed by atoms with E-state index >= 15 is 0 Å². The molecule has 11 nitrogen and oxygen atoms in total. The van der Waals surface area contributed by atoms with Crippen LogP contribution >= 0.6 is 0 Å². The highest BCUT2D eigenvalue weighted by Crippen LogP contribution is 2.36. The Morgan fingerprint density at radius 3 is 1.92 bits per heavy atom. The molecule has 0 aromatic carbocycles. The van der Waals surface area contributed by atoms with Crippen molar-refractivity contribution in [3.63, 3.8) is 0 Å². The van der Waals surface area contributed by atoms with Crippen LogP contribution in [0.15, 0.2) is 12.1 Å². The van der Waals surface area contributed by atoms with Crippen LogP contribution in [0.3, 0.4) is 0 Å². The van der Waals surface area contributed by atoms with Crippen LogP contribution in [0.5, 0.6) is 0 Å². The van der Waals surface area contributed by atoms with Gasteiger partial charge < -0.3 is 29.6 Å². The topological polar surface area (TPSA) is 136 Å². The fourth-order valence-electron chi connectivity index (χ4n) is 3.77. The molecule has 2 aliphatic rings. The van der Waals surface area contributed by atoms with Gasteiger partial charge in [0.2, 0.25) is 5.91 Å². The van der Waals surface area contributed by atoms with Gasteiger partial charge in [-0.2, -0.15) is 31.4 Å². The van der Waals surface area contributed by atoms with Gasteiger partial charge in [-0.05, 0) is 52.9 Å². The summed E-state index contributed by atoms with van der Waals surface area (Å²) in [5, 5.41) is 22.7. The van der Waals surface area contributed by atoms with Crippen molar-refractivity contribution >= 4 is 23.7 Å². The lowest BCUT2D eigenvalue weighted by atomic mass is 9.82. The summed E-state index contributed by atoms with van der Waals surface area (Å²) in [5.41, 5.74) is 0.686. The molecule has 222 valence electrons. The monoisotopic (exact) mass is 575 g/mol. The predicted molar refractivity (Wildman–Crippen MR) is 124 cm³/mol. The van der Waals surface area contributed by atoms with Crippen LogP contribution in [0, 0.1) is 6.92 Å². The molecule has 3 heterocycles. The van der Waals surface area contributed by atoms with E-state index in [4.69, 9.17) is 24.5 Å². The second-order valence-corrected chi connectivity index (χ2v) is 9.05. The maximum absolute atomic E-state index is 12.3. The van der Waals surface area contributed by atoms with Gasteiger partial charge in [0.15, 0.2) is 5.82 Å². The molecule has 0 bridgehead atoms. The van der Waals surface area contributed by atoms with E-state index in [-0.39, 0.29) is 24.2 Å². The Kier molecular flexibility index (Phi) is 11.9. The van der Waals surface area contributed by atoms with Crippen molar-refractivity contribution in [2.45, 2.75) is 50.7 Å². The highest BCUT2D eigenvalue weighted by Gasteiger charge is 2.48. The zero-order valence-electron chi connectivity index (χ0n) is 21.7. The number of aryl methyl sites for hydroxylation is 1. The first-order valence-corrected chi connectivity index (χ1v) is 11.5. The van der Waals surface area contributed by atoms with Gasteiger partial charge in [0, 0.05) is 26.2 Å². The Bertz CT molecular complexity index is 942. The lowest BCUT2D eigenvalue weighted by molar-refractivity contribution is -0.193. The molecular formula is C22H31F6N5O6. The number of carboxylic acid groups (broad SMARTS) is 2. The minimum absolute atomic E-state index is 0.0972. The van der Waals surface area contributed by atoms with E-state index < -0.39 is 24.3 Å². The fraction of sp³-hybridized carbons (Fsp3) is 0.682. The third-order valence-electron chi connectivity index (χ3n) is 6.02. The molecule has 2 aliphatic heterocycles. The number of halogens is 6. The molecule has 1 aromatic heterocycles. The van der Waals surface area contributed by atoms with Crippen molar-refractivity contribution in [2.75, 3.05) is 51.8 Å². The van der Waals surface area contributed by atoms with Crippen LogP contribution in [0.25, 0.3) is 0 Å². The Morgan fingerprint density at radius 2 is 1.54 bits per heavy atom. The second-order valence-electron chi connectivity index (χ2n) is 9.05. The molecule has 1 unspecified atom stereocenters. The lowest BCUT2D eigenvalue weighted by Crippen LogP contribution is -2.64. The third-order valence-corrected chi connectivity index (χ3v) is 6.02. The lowest BCUT2D eigenvalue weighted by Gasteiger charge is -2.51. The number of ether oxygens (including phenoxy) is 1. The van der Waals surface area contributed by atoms with Crippen molar-refractivity contribution < 1.29 is 55.7 Å². The largest absolute Gasteiger partial charge is 0.490 e. The molecule has 1 aromatic rings. The molecule has 0 saturated carbocycles. The van der Waals surface area contributed by atoms with Gasteiger partial charge in [-0.3, -0.25) is 4.79 Å². The normalized spacial score (nSPS) is 19.2. The molecule has 0 radical (unpaired) electrons. The van der Waals surface area contributed by atoms with Crippen molar-refractivity contribution in [2.24, 2.45) is 0 Å². The number of aliphatic carboxylic acids is 2. The number of carboxylic acids is 2. The molecule has 2 saturated heterocycles. The van der Waals surface area contributed by atoms with Gasteiger partial charge in [0.05, 0.1) is 17.3 Å². The molecule has 17 heteroatoms. The summed E-state index contributed by atoms with van der Waals surface area (Å²) in [5.74, 6) is -4.49. The van der Waals surface area contributed by atoms with E-state index in [1.165, 1.54) is 0 Å². The Balaban J connectivity index is 0.000000449. The fourth-order valence-corrected chi connectivity index (χ4v) is 3.77. The molecule has 1 atom stereocenters. The van der Waals surface area contributed by atoms with Crippen LogP contribution < -0.4 is 4.90 Å². The summed E-state index contributed by atoms with van der Waals surface area (Å²) in [6.07, 6.45) is -8.37. The van der Waals surface area contributed by atoms with E-state index in [1.54, 1.807) is 0 Å². The van der Waals surface area contributed by atoms with Crippen LogP contribution in [0.1, 0.15) is 25.5 Å². The maximum Gasteiger partial charge on any atom is 0.490 e. The molecule has 1 amide bonds. The van der Waals surface area contributed by atoms with Gasteiger partial charge in [0.1, 0.15) is 6.61 Å². The number of amides is 1. The van der Waals surface area contributed by atoms with Gasteiger partial charge in [-0.25, -0.2) is 9.59 Å². The highest BCUT2D eigenvalue weighted by atomic mass is 19.4. The number of likely N-dealkylation sites (N-methyl/N-ethyl adjacent to an activating group) is 1. The number of rotatable bonds is 4. The van der Waals surface area contributed by atoms with E-state index in [1.807, 2.05) is 38.1 Å². The van der Waals surface area contributed by atoms with Crippen molar-refractivity contribution in [1.82, 2.24) is 20.0 Å². The quantitative estimate of drug-likeness (QED) is 0.515. The molecule has 1 spiro atoms. The van der Waals surface area contributed by atoms with E-state index in [2.05, 4.69) is 26.9 Å². The molecule has 2 fully saturated rings. The Hall–Kier alpha value is -3.21. The first-order chi connectivity index (χ1) is 17.8. The minimum atomic E-state index is -5.08. The predicted octanol–water partition coefficient (Wildman–Crippen LogP) is 2.20. The Labute approximate surface area is 220 Å². The van der Waals surface area contributed by atoms with E-state index in [9.17, 15) is 31.1 Å². The SMILES string of the molecule is Cc1ccc(N2CCC3(CC2)OCC(=O)N(CCN(C)C)C3C)nn1.O=C(O)C(F)(F)F.O=C(O)C(F)(F)F. The van der Waals surface area contributed by atoms with Gasteiger partial charge in [-0.1, -0.05) is 0 Å². The van der Waals surface area contributed by atoms with Crippen LogP contribution in [0.2, 0.25) is 0 Å². The summed E-state index contributed by atoms with van der Waals surface area (Å²) < 4.78 is 69.6. The average molecular weight is 576 g/mol. The summed E-state index contributed by atoms with van der Waals surface area (Å²) in [4.78, 5) is 36.5. The van der Waals surface area contributed by atoms with Crippen LogP contribution in [0.4, 0.5) is 32.2 Å². The average Bonchev–Trinajstić information content (AvgIpc) is 2.82. The zero-order valence-corrected chi connectivity index (χ0v) is 21.7. The first kappa shape index (κ1) is 33.8. The molecule has 3 rings (SSSR count). The van der Waals surface area contributed by atoms with E-state index in [0.29, 0.717) is 0 Å². The summed E-state index contributed by atoms with van der Waals surface area (Å²) in [6.45, 7) is 7.65. The van der Waals surface area contributed by atoms with Gasteiger partial charge in [0.25, 0.3) is 0 Å². The number of piperidine rings is 1. The molecular weight excluding hydrogens is 544 g/mol. The van der Waals surface area contributed by atoms with Gasteiger partial charge >= 0.3 is 24.3 Å². The number of aromatic nitrogens is 2. The molecule has 0 aliphatic carbocycles. The third kappa shape index (κ3) is 10.5. The summed E-state index contributed by atoms with van der Waals surface area (Å²) in [7, 11) is 4.07. The molecule has 2 N–H and O–H groups in total. The van der Waals surface area contributed by atoms with Gasteiger partial charge in [-0.15, -0.1) is 5.10 Å². The highest BCUT2D eigenvalue weighted by molar-refractivity contribution is 5.79. The van der Waals surface area contributed by atoms with Crippen LogP contribution in [-0.4, -0.2) is 119 Å².